The van der Waals surface area contributed by atoms with E-state index in [1.54, 1.807) is 16.0 Å². The topological polar surface area (TPSA) is 132 Å². The molecule has 1 unspecified atom stereocenters. The second-order valence-corrected chi connectivity index (χ2v) is 11.6. The summed E-state index contributed by atoms with van der Waals surface area (Å²) in [4.78, 5) is 57.8. The number of rotatable bonds is 10. The van der Waals surface area contributed by atoms with E-state index in [1.165, 1.54) is 0 Å². The standard InChI is InChI=1S/C31H41N5O5/c1-20(2)15-24-18-35(14-12-29(39)40)28(38)19-36(24)27(37)17-22-10-11-26(25(16-22)23-8-4-5-9-23)33-31(41)34-30-21(3)7-6-13-32-30/h6-7,10-11,13,16,20,23-24H,4-5,8-9,12,14-15,17-19H2,1-3H3,(H,39,40)(H2,32,33,34,41). The smallest absolute Gasteiger partial charge is 0.324 e. The highest BCUT2D eigenvalue weighted by molar-refractivity contribution is 6.00. The first-order valence-corrected chi connectivity index (χ1v) is 14.5. The van der Waals surface area contributed by atoms with Crippen molar-refractivity contribution in [3.8, 4) is 0 Å². The van der Waals surface area contributed by atoms with Gasteiger partial charge >= 0.3 is 12.0 Å². The van der Waals surface area contributed by atoms with Crippen LogP contribution in [0.4, 0.5) is 16.3 Å². The Labute approximate surface area is 241 Å². The summed E-state index contributed by atoms with van der Waals surface area (Å²) in [6.07, 6.45) is 6.69. The van der Waals surface area contributed by atoms with E-state index in [2.05, 4.69) is 29.5 Å². The van der Waals surface area contributed by atoms with Gasteiger partial charge in [-0.15, -0.1) is 0 Å². The molecule has 0 bridgehead atoms. The van der Waals surface area contributed by atoms with Crippen molar-refractivity contribution >= 4 is 35.3 Å². The van der Waals surface area contributed by atoms with Crippen molar-refractivity contribution in [1.29, 1.82) is 0 Å². The van der Waals surface area contributed by atoms with E-state index in [0.29, 0.717) is 24.2 Å². The molecule has 2 heterocycles. The van der Waals surface area contributed by atoms with Crippen LogP contribution in [0.3, 0.4) is 0 Å². The third kappa shape index (κ3) is 8.05. The number of amides is 4. The molecule has 41 heavy (non-hydrogen) atoms. The fourth-order valence-corrected chi connectivity index (χ4v) is 5.88. The summed E-state index contributed by atoms with van der Waals surface area (Å²) in [7, 11) is 0. The van der Waals surface area contributed by atoms with Crippen molar-refractivity contribution in [1.82, 2.24) is 14.8 Å². The molecule has 10 heteroatoms. The van der Waals surface area contributed by atoms with E-state index >= 15 is 0 Å². The molecule has 4 amide bonds. The number of pyridine rings is 1. The second kappa shape index (κ2) is 13.6. The predicted octanol–water partition coefficient (Wildman–Crippen LogP) is 4.79. The normalized spacial score (nSPS) is 17.7. The lowest BCUT2D eigenvalue weighted by molar-refractivity contribution is -0.150. The molecular weight excluding hydrogens is 522 g/mol. The summed E-state index contributed by atoms with van der Waals surface area (Å²) in [5.41, 5.74) is 3.45. The number of aromatic nitrogens is 1. The number of carboxylic acid groups (broad SMARTS) is 1. The van der Waals surface area contributed by atoms with Crippen LogP contribution >= 0.6 is 0 Å². The summed E-state index contributed by atoms with van der Waals surface area (Å²) < 4.78 is 0. The van der Waals surface area contributed by atoms with E-state index in [1.807, 2.05) is 37.3 Å². The maximum absolute atomic E-state index is 13.6. The number of hydrogen-bond donors (Lipinski definition) is 3. The largest absolute Gasteiger partial charge is 0.481 e. The van der Waals surface area contributed by atoms with Crippen molar-refractivity contribution in [2.45, 2.75) is 77.7 Å². The molecule has 1 aromatic heterocycles. The Morgan fingerprint density at radius 1 is 1.12 bits per heavy atom. The molecule has 2 aromatic rings. The molecule has 1 saturated heterocycles. The highest BCUT2D eigenvalue weighted by Gasteiger charge is 2.35. The number of urea groups is 1. The first-order valence-electron chi connectivity index (χ1n) is 14.5. The number of nitrogens with zero attached hydrogens (tertiary/aromatic N) is 3. The minimum Gasteiger partial charge on any atom is -0.481 e. The maximum atomic E-state index is 13.6. The van der Waals surface area contributed by atoms with E-state index in [9.17, 15) is 19.2 Å². The zero-order valence-corrected chi connectivity index (χ0v) is 24.2. The van der Waals surface area contributed by atoms with Crippen LogP contribution in [0.5, 0.6) is 0 Å². The molecule has 0 spiro atoms. The lowest BCUT2D eigenvalue weighted by atomic mass is 9.93. The third-order valence-electron chi connectivity index (χ3n) is 7.95. The Morgan fingerprint density at radius 2 is 1.88 bits per heavy atom. The van der Waals surface area contributed by atoms with Gasteiger partial charge in [-0.3, -0.25) is 19.7 Å². The van der Waals surface area contributed by atoms with Crippen molar-refractivity contribution in [3.63, 3.8) is 0 Å². The second-order valence-electron chi connectivity index (χ2n) is 11.6. The van der Waals surface area contributed by atoms with Crippen molar-refractivity contribution in [3.05, 3.63) is 53.2 Å². The van der Waals surface area contributed by atoms with Crippen LogP contribution < -0.4 is 10.6 Å². The molecule has 1 aliphatic carbocycles. The van der Waals surface area contributed by atoms with E-state index < -0.39 is 5.97 Å². The number of carbonyl (C=O) groups is 4. The summed E-state index contributed by atoms with van der Waals surface area (Å²) in [6, 6.07) is 8.92. The first-order chi connectivity index (χ1) is 19.6. The van der Waals surface area contributed by atoms with E-state index in [-0.39, 0.29) is 49.8 Å². The average molecular weight is 564 g/mol. The number of aryl methyl sites for hydroxylation is 1. The number of benzene rings is 1. The molecule has 1 saturated carbocycles. The number of piperazine rings is 1. The van der Waals surface area contributed by atoms with Crippen LogP contribution in [-0.2, 0) is 20.8 Å². The molecule has 0 radical (unpaired) electrons. The van der Waals surface area contributed by atoms with Crippen LogP contribution in [0.25, 0.3) is 0 Å². The fourth-order valence-electron chi connectivity index (χ4n) is 5.88. The minimum absolute atomic E-state index is 0.0436. The van der Waals surface area contributed by atoms with Gasteiger partial charge in [-0.2, -0.15) is 0 Å². The molecule has 4 rings (SSSR count). The van der Waals surface area contributed by atoms with Gasteiger partial charge in [-0.25, -0.2) is 9.78 Å². The molecule has 1 aromatic carbocycles. The highest BCUT2D eigenvalue weighted by atomic mass is 16.4. The summed E-state index contributed by atoms with van der Waals surface area (Å²) in [5.74, 6) is -0.182. The number of carboxylic acids is 1. The number of aliphatic carboxylic acids is 1. The van der Waals surface area contributed by atoms with E-state index in [4.69, 9.17) is 5.11 Å². The van der Waals surface area contributed by atoms with Crippen LogP contribution in [0.2, 0.25) is 0 Å². The Bertz CT molecular complexity index is 1270. The lowest BCUT2D eigenvalue weighted by Crippen LogP contribution is -2.58. The number of anilines is 2. The lowest BCUT2D eigenvalue weighted by Gasteiger charge is -2.41. The van der Waals surface area contributed by atoms with Gasteiger partial charge in [0.15, 0.2) is 0 Å². The molecule has 2 aliphatic rings. The average Bonchev–Trinajstić information content (AvgIpc) is 3.45. The van der Waals surface area contributed by atoms with E-state index in [0.717, 1.165) is 54.5 Å². The summed E-state index contributed by atoms with van der Waals surface area (Å²) in [5, 5.41) is 14.9. The number of nitrogens with one attached hydrogen (secondary N) is 2. The monoisotopic (exact) mass is 563 g/mol. The SMILES string of the molecule is Cc1cccnc1NC(=O)Nc1ccc(CC(=O)N2CC(=O)N(CCC(=O)O)CC2CC(C)C)cc1C1CCCC1. The zero-order valence-electron chi connectivity index (χ0n) is 24.2. The highest BCUT2D eigenvalue weighted by Crippen LogP contribution is 2.38. The number of carbonyl (C=O) groups excluding carboxylic acids is 3. The minimum atomic E-state index is -0.947. The molecule has 2 fully saturated rings. The molecule has 3 N–H and O–H groups in total. The Morgan fingerprint density at radius 3 is 2.56 bits per heavy atom. The van der Waals surface area contributed by atoms with Gasteiger partial charge in [-0.05, 0) is 66.8 Å². The molecule has 1 aliphatic heterocycles. The Balaban J connectivity index is 1.49. The van der Waals surface area contributed by atoms with Gasteiger partial charge in [0.05, 0.1) is 18.9 Å². The van der Waals surface area contributed by atoms with Crippen molar-refractivity contribution in [2.24, 2.45) is 5.92 Å². The van der Waals surface area contributed by atoms with Gasteiger partial charge in [0, 0.05) is 25.0 Å². The Kier molecular flexibility index (Phi) is 9.96. The van der Waals surface area contributed by atoms with Crippen molar-refractivity contribution in [2.75, 3.05) is 30.3 Å². The van der Waals surface area contributed by atoms with Gasteiger partial charge in [0.25, 0.3) is 0 Å². The van der Waals surface area contributed by atoms with Crippen LogP contribution in [0.1, 0.15) is 75.0 Å². The van der Waals surface area contributed by atoms with Gasteiger partial charge in [-0.1, -0.05) is 44.9 Å². The summed E-state index contributed by atoms with van der Waals surface area (Å²) in [6.45, 7) is 6.48. The Hall–Kier alpha value is -3.95. The fraction of sp³-hybridized carbons (Fsp3) is 0.516. The van der Waals surface area contributed by atoms with Gasteiger partial charge < -0.3 is 20.2 Å². The molecule has 1 atom stereocenters. The summed E-state index contributed by atoms with van der Waals surface area (Å²) >= 11 is 0. The third-order valence-corrected chi connectivity index (χ3v) is 7.95. The van der Waals surface area contributed by atoms with Crippen molar-refractivity contribution < 1.29 is 24.3 Å². The maximum Gasteiger partial charge on any atom is 0.324 e. The van der Waals surface area contributed by atoms with Crippen LogP contribution in [0, 0.1) is 12.8 Å². The van der Waals surface area contributed by atoms with Crippen LogP contribution in [0.15, 0.2) is 36.5 Å². The van der Waals surface area contributed by atoms with Gasteiger partial charge in [0.2, 0.25) is 11.8 Å². The number of hydrogen-bond acceptors (Lipinski definition) is 5. The molecular formula is C31H41N5O5. The zero-order chi connectivity index (χ0) is 29.5. The molecule has 220 valence electrons. The first kappa shape index (κ1) is 30.0. The molecule has 10 nitrogen and oxygen atoms in total. The van der Waals surface area contributed by atoms with Gasteiger partial charge in [0.1, 0.15) is 12.4 Å². The predicted molar refractivity (Wildman–Crippen MR) is 157 cm³/mol. The quantitative estimate of drug-likeness (QED) is 0.381. The van der Waals surface area contributed by atoms with Crippen LogP contribution in [-0.4, -0.2) is 69.4 Å².